The molecule has 3 rings (SSSR count). The fraction of sp³-hybridized carbons (Fsp3) is 0.600. The lowest BCUT2D eigenvalue weighted by atomic mass is 10.3. The molecule has 0 atom stereocenters. The number of hydrogen-bond donors (Lipinski definition) is 0. The maximum absolute atomic E-state index is 12.8. The Morgan fingerprint density at radius 1 is 1.28 bits per heavy atom. The normalized spacial score (nSPS) is 15.9. The number of thiophene rings is 1. The molecular weight excluding hydrogens is 385 g/mol. The standard InChI is InChI=1S/C15H21ClN3O4PS/c1-3-22-24(20,23-4-2)10-11-9-12-13(19-5-7-21-8-6-19)17-15(16)18-14(12)25-11/h9H,3-8,10H2,1-2H3. The number of rotatable bonds is 7. The quantitative estimate of drug-likeness (QED) is 0.510. The van der Waals surface area contributed by atoms with E-state index in [-0.39, 0.29) is 11.4 Å². The van der Waals surface area contributed by atoms with Crippen LogP contribution in [0.3, 0.4) is 0 Å². The molecule has 138 valence electrons. The molecule has 0 spiro atoms. The molecule has 1 aliphatic rings. The number of anilines is 1. The van der Waals surface area contributed by atoms with Gasteiger partial charge in [-0.25, -0.2) is 4.98 Å². The number of hydrogen-bond acceptors (Lipinski definition) is 8. The highest BCUT2D eigenvalue weighted by atomic mass is 35.5. The Balaban J connectivity index is 1.94. The van der Waals surface area contributed by atoms with Crippen molar-refractivity contribution in [1.82, 2.24) is 9.97 Å². The van der Waals surface area contributed by atoms with Crippen LogP contribution < -0.4 is 4.90 Å². The van der Waals surface area contributed by atoms with Gasteiger partial charge >= 0.3 is 7.60 Å². The summed E-state index contributed by atoms with van der Waals surface area (Å²) in [5, 5.41) is 1.12. The van der Waals surface area contributed by atoms with Crippen LogP contribution in [0.15, 0.2) is 6.07 Å². The molecule has 0 aromatic carbocycles. The molecule has 0 bridgehead atoms. The van der Waals surface area contributed by atoms with Crippen LogP contribution in [0, 0.1) is 0 Å². The van der Waals surface area contributed by atoms with E-state index in [0.717, 1.165) is 34.0 Å². The predicted octanol–water partition coefficient (Wildman–Crippen LogP) is 3.95. The van der Waals surface area contributed by atoms with Gasteiger partial charge in [0.1, 0.15) is 10.6 Å². The lowest BCUT2D eigenvalue weighted by molar-refractivity contribution is 0.122. The van der Waals surface area contributed by atoms with Crippen molar-refractivity contribution in [1.29, 1.82) is 0 Å². The highest BCUT2D eigenvalue weighted by Gasteiger charge is 2.26. The third kappa shape index (κ3) is 4.51. The Labute approximate surface area is 155 Å². The van der Waals surface area contributed by atoms with Crippen LogP contribution in [0.25, 0.3) is 10.2 Å². The SMILES string of the molecule is CCOP(=O)(Cc1cc2c(N3CCOCC3)nc(Cl)nc2s1)OCC. The summed E-state index contributed by atoms with van der Waals surface area (Å²) in [6.07, 6.45) is 0.218. The first-order valence-corrected chi connectivity index (χ1v) is 11.1. The number of fused-ring (bicyclic) bond motifs is 1. The van der Waals surface area contributed by atoms with E-state index in [1.54, 1.807) is 13.8 Å². The van der Waals surface area contributed by atoms with Gasteiger partial charge in [-0.05, 0) is 31.5 Å². The van der Waals surface area contributed by atoms with Crippen LogP contribution in [0.1, 0.15) is 18.7 Å². The van der Waals surface area contributed by atoms with E-state index in [2.05, 4.69) is 14.9 Å². The number of aromatic nitrogens is 2. The Morgan fingerprint density at radius 2 is 1.96 bits per heavy atom. The fourth-order valence-electron chi connectivity index (χ4n) is 2.74. The average molecular weight is 406 g/mol. The molecule has 1 aliphatic heterocycles. The fourth-order valence-corrected chi connectivity index (χ4v) is 6.02. The molecule has 2 aromatic heterocycles. The molecule has 0 aliphatic carbocycles. The number of morpholine rings is 1. The molecule has 0 saturated carbocycles. The van der Waals surface area contributed by atoms with Gasteiger partial charge in [0.2, 0.25) is 5.28 Å². The third-order valence-corrected chi connectivity index (χ3v) is 7.15. The first-order chi connectivity index (χ1) is 12.0. The summed E-state index contributed by atoms with van der Waals surface area (Å²) in [5.41, 5.74) is 0. The minimum atomic E-state index is -3.16. The second-order valence-corrected chi connectivity index (χ2v) is 8.96. The van der Waals surface area contributed by atoms with Gasteiger partial charge < -0.3 is 18.7 Å². The molecular formula is C15H21ClN3O4PS. The topological polar surface area (TPSA) is 73.8 Å². The summed E-state index contributed by atoms with van der Waals surface area (Å²) in [4.78, 5) is 12.5. The molecule has 1 saturated heterocycles. The first kappa shape index (κ1) is 19.0. The van der Waals surface area contributed by atoms with Crippen molar-refractivity contribution >= 4 is 46.6 Å². The number of halogens is 1. The van der Waals surface area contributed by atoms with E-state index >= 15 is 0 Å². The van der Waals surface area contributed by atoms with Gasteiger partial charge in [-0.3, -0.25) is 4.57 Å². The smallest absolute Gasteiger partial charge is 0.335 e. The van der Waals surface area contributed by atoms with Gasteiger partial charge in [-0.1, -0.05) is 0 Å². The lowest BCUT2D eigenvalue weighted by Gasteiger charge is -2.28. The average Bonchev–Trinajstić information content (AvgIpc) is 2.96. The zero-order valence-electron chi connectivity index (χ0n) is 14.2. The van der Waals surface area contributed by atoms with Crippen LogP contribution in [0.4, 0.5) is 5.82 Å². The highest BCUT2D eigenvalue weighted by molar-refractivity contribution is 7.53. The highest BCUT2D eigenvalue weighted by Crippen LogP contribution is 2.52. The third-order valence-electron chi connectivity index (χ3n) is 3.71. The zero-order valence-corrected chi connectivity index (χ0v) is 16.7. The van der Waals surface area contributed by atoms with Crippen molar-refractivity contribution in [2.45, 2.75) is 20.0 Å². The van der Waals surface area contributed by atoms with Crippen LogP contribution in [-0.4, -0.2) is 49.5 Å². The van der Waals surface area contributed by atoms with E-state index in [4.69, 9.17) is 25.4 Å². The molecule has 7 nitrogen and oxygen atoms in total. The zero-order chi connectivity index (χ0) is 17.9. The number of ether oxygens (including phenoxy) is 1. The Kier molecular flexibility index (Phi) is 6.30. The largest absolute Gasteiger partial charge is 0.378 e. The Morgan fingerprint density at radius 3 is 2.60 bits per heavy atom. The van der Waals surface area contributed by atoms with Gasteiger partial charge in [-0.2, -0.15) is 4.98 Å². The van der Waals surface area contributed by atoms with E-state index in [1.807, 2.05) is 6.07 Å². The van der Waals surface area contributed by atoms with Crippen molar-refractivity contribution in [3.63, 3.8) is 0 Å². The molecule has 0 amide bonds. The molecule has 0 unspecified atom stereocenters. The Bertz CT molecular complexity index is 771. The maximum atomic E-state index is 12.8. The summed E-state index contributed by atoms with van der Waals surface area (Å²) >= 11 is 7.55. The van der Waals surface area contributed by atoms with Crippen LogP contribution in [0.2, 0.25) is 5.28 Å². The molecule has 0 radical (unpaired) electrons. The minimum absolute atomic E-state index is 0.209. The van der Waals surface area contributed by atoms with Gasteiger partial charge in [-0.15, -0.1) is 11.3 Å². The second kappa shape index (κ2) is 8.29. The summed E-state index contributed by atoms with van der Waals surface area (Å²) < 4.78 is 29.0. The second-order valence-electron chi connectivity index (χ2n) is 5.45. The van der Waals surface area contributed by atoms with Crippen LogP contribution in [0.5, 0.6) is 0 Å². The molecule has 2 aromatic rings. The summed E-state index contributed by atoms with van der Waals surface area (Å²) in [5.74, 6) is 0.795. The van der Waals surface area contributed by atoms with Crippen LogP contribution in [-0.2, 0) is 24.5 Å². The lowest BCUT2D eigenvalue weighted by Crippen LogP contribution is -2.36. The maximum Gasteiger partial charge on any atom is 0.335 e. The molecule has 1 fully saturated rings. The van der Waals surface area contributed by atoms with Crippen molar-refractivity contribution in [2.75, 3.05) is 44.4 Å². The predicted molar refractivity (Wildman–Crippen MR) is 100 cm³/mol. The molecule has 25 heavy (non-hydrogen) atoms. The van der Waals surface area contributed by atoms with Gasteiger partial charge in [0.05, 0.1) is 38.0 Å². The summed E-state index contributed by atoms with van der Waals surface area (Å²) in [6, 6.07) is 1.96. The van der Waals surface area contributed by atoms with Crippen molar-refractivity contribution in [3.05, 3.63) is 16.2 Å². The van der Waals surface area contributed by atoms with Gasteiger partial charge in [0, 0.05) is 18.0 Å². The monoisotopic (exact) mass is 405 g/mol. The van der Waals surface area contributed by atoms with Crippen molar-refractivity contribution < 1.29 is 18.3 Å². The van der Waals surface area contributed by atoms with Crippen molar-refractivity contribution in [2.24, 2.45) is 0 Å². The number of nitrogens with zero attached hydrogens (tertiary/aromatic N) is 3. The minimum Gasteiger partial charge on any atom is -0.378 e. The van der Waals surface area contributed by atoms with Gasteiger partial charge in [0.15, 0.2) is 0 Å². The summed E-state index contributed by atoms with van der Waals surface area (Å²) in [7, 11) is -3.16. The van der Waals surface area contributed by atoms with Crippen molar-refractivity contribution in [3.8, 4) is 0 Å². The molecule has 3 heterocycles. The van der Waals surface area contributed by atoms with E-state index in [1.165, 1.54) is 11.3 Å². The summed E-state index contributed by atoms with van der Waals surface area (Å²) in [6.45, 7) is 7.11. The molecule has 0 N–H and O–H groups in total. The van der Waals surface area contributed by atoms with E-state index in [0.29, 0.717) is 26.4 Å². The Hall–Kier alpha value is -0.760. The van der Waals surface area contributed by atoms with E-state index < -0.39 is 7.60 Å². The van der Waals surface area contributed by atoms with Crippen LogP contribution >= 0.6 is 30.5 Å². The van der Waals surface area contributed by atoms with E-state index in [9.17, 15) is 4.57 Å². The van der Waals surface area contributed by atoms with Gasteiger partial charge in [0.25, 0.3) is 0 Å². The molecule has 10 heteroatoms. The first-order valence-electron chi connectivity index (χ1n) is 8.21.